The van der Waals surface area contributed by atoms with Crippen molar-refractivity contribution in [3.63, 3.8) is 0 Å². The minimum atomic E-state index is -0.520. The molecule has 1 nitrogen and oxygen atoms in total. The maximum absolute atomic E-state index is 2.51. The third-order valence-corrected chi connectivity index (χ3v) is 12.4. The van der Waals surface area contributed by atoms with Crippen LogP contribution in [-0.4, -0.2) is 0 Å². The molecule has 0 radical (unpaired) electrons. The topological polar surface area (TPSA) is 3.24 Å². The fraction of sp³-hybridized carbons (Fsp3) is 0.0169. The summed E-state index contributed by atoms with van der Waals surface area (Å²) in [4.78, 5) is 2.51. The van der Waals surface area contributed by atoms with Crippen molar-refractivity contribution >= 4 is 27.8 Å². The molecule has 0 unspecified atom stereocenters. The van der Waals surface area contributed by atoms with Crippen molar-refractivity contribution in [2.24, 2.45) is 0 Å². The Balaban J connectivity index is 1.21. The lowest BCUT2D eigenvalue weighted by Crippen LogP contribution is -2.28. The zero-order valence-corrected chi connectivity index (χ0v) is 33.1. The fourth-order valence-corrected chi connectivity index (χ4v) is 9.73. The summed E-state index contributed by atoms with van der Waals surface area (Å²) in [6, 6.07) is 91.1. The van der Waals surface area contributed by atoms with E-state index in [9.17, 15) is 0 Å². The second-order valence-corrected chi connectivity index (χ2v) is 15.6. The Morgan fingerprint density at radius 3 is 1.53 bits per heavy atom. The number of hydrogen-bond donors (Lipinski definition) is 0. The molecule has 0 N–H and O–H groups in total. The van der Waals surface area contributed by atoms with Crippen LogP contribution in [0.2, 0.25) is 0 Å². The molecule has 10 aromatic rings. The minimum absolute atomic E-state index is 0.520. The first-order chi connectivity index (χ1) is 29.8. The number of benzene rings is 10. The maximum atomic E-state index is 2.51. The number of fused-ring (bicyclic) bond motifs is 4. The van der Waals surface area contributed by atoms with Gasteiger partial charge in [0.1, 0.15) is 0 Å². The summed E-state index contributed by atoms with van der Waals surface area (Å²) in [6.07, 6.45) is 0. The van der Waals surface area contributed by atoms with Gasteiger partial charge < -0.3 is 4.90 Å². The van der Waals surface area contributed by atoms with Crippen molar-refractivity contribution in [3.8, 4) is 44.5 Å². The van der Waals surface area contributed by atoms with Crippen molar-refractivity contribution in [2.45, 2.75) is 5.41 Å². The molecule has 0 saturated carbocycles. The molecule has 0 amide bonds. The molecule has 1 heteroatoms. The van der Waals surface area contributed by atoms with Crippen LogP contribution in [0.4, 0.5) is 17.1 Å². The Morgan fingerprint density at radius 2 is 0.817 bits per heavy atom. The smallest absolute Gasteiger partial charge is 0.0714 e. The number of rotatable bonds is 8. The predicted molar refractivity (Wildman–Crippen MR) is 252 cm³/mol. The van der Waals surface area contributed by atoms with Gasteiger partial charge in [0.2, 0.25) is 0 Å². The standard InChI is InChI=1S/C59H41N/c1-5-19-42(20-6-1)43-35-38-49(39-36-43)60(56-40-37-46(41-53(56)45-21-7-2-8-22-45)51-31-17-24-44-23-13-14-29-50(44)51)57-34-18-33-55-58(57)52-30-15-16-32-54(52)59(55,47-25-9-3-10-26-47)48-27-11-4-12-28-48/h1-41H. The van der Waals surface area contributed by atoms with Crippen molar-refractivity contribution in [3.05, 3.63) is 271 Å². The van der Waals surface area contributed by atoms with Crippen molar-refractivity contribution < 1.29 is 0 Å². The molecule has 0 aromatic heterocycles. The molecular formula is C59H41N. The van der Waals surface area contributed by atoms with Crippen LogP contribution in [0.15, 0.2) is 249 Å². The minimum Gasteiger partial charge on any atom is -0.309 e. The maximum Gasteiger partial charge on any atom is 0.0714 e. The second-order valence-electron chi connectivity index (χ2n) is 15.6. The van der Waals surface area contributed by atoms with E-state index in [1.165, 1.54) is 66.4 Å². The highest BCUT2D eigenvalue weighted by molar-refractivity contribution is 6.02. The average molecular weight is 764 g/mol. The fourth-order valence-electron chi connectivity index (χ4n) is 9.73. The quantitative estimate of drug-likeness (QED) is 0.149. The van der Waals surface area contributed by atoms with E-state index in [0.717, 1.165) is 28.2 Å². The summed E-state index contributed by atoms with van der Waals surface area (Å²) in [5, 5.41) is 2.48. The lowest BCUT2D eigenvalue weighted by atomic mass is 9.68. The molecule has 282 valence electrons. The number of hydrogen-bond acceptors (Lipinski definition) is 1. The van der Waals surface area contributed by atoms with Crippen LogP contribution in [0.25, 0.3) is 55.3 Å². The van der Waals surface area contributed by atoms with Crippen molar-refractivity contribution in [1.82, 2.24) is 0 Å². The summed E-state index contributed by atoms with van der Waals surface area (Å²) in [5.74, 6) is 0. The van der Waals surface area contributed by atoms with Gasteiger partial charge in [0, 0.05) is 16.8 Å². The van der Waals surface area contributed by atoms with Crippen LogP contribution in [0, 0.1) is 0 Å². The third kappa shape index (κ3) is 5.78. The van der Waals surface area contributed by atoms with E-state index in [1.54, 1.807) is 0 Å². The van der Waals surface area contributed by atoms with Gasteiger partial charge in [0.05, 0.1) is 16.8 Å². The Morgan fingerprint density at radius 1 is 0.300 bits per heavy atom. The Hall–Kier alpha value is -7.74. The molecule has 0 heterocycles. The van der Waals surface area contributed by atoms with Gasteiger partial charge in [0.25, 0.3) is 0 Å². The van der Waals surface area contributed by atoms with Crippen LogP contribution >= 0.6 is 0 Å². The molecule has 10 aromatic carbocycles. The van der Waals surface area contributed by atoms with E-state index in [-0.39, 0.29) is 0 Å². The normalized spacial score (nSPS) is 12.5. The first kappa shape index (κ1) is 35.4. The molecule has 0 aliphatic heterocycles. The van der Waals surface area contributed by atoms with Gasteiger partial charge in [-0.15, -0.1) is 0 Å². The van der Waals surface area contributed by atoms with Crippen LogP contribution in [0.3, 0.4) is 0 Å². The van der Waals surface area contributed by atoms with Crippen LogP contribution in [0.5, 0.6) is 0 Å². The first-order valence-corrected chi connectivity index (χ1v) is 20.8. The molecule has 60 heavy (non-hydrogen) atoms. The van der Waals surface area contributed by atoms with Crippen LogP contribution in [0.1, 0.15) is 22.3 Å². The van der Waals surface area contributed by atoms with Gasteiger partial charge in [0.15, 0.2) is 0 Å². The molecule has 0 spiro atoms. The molecular weight excluding hydrogens is 723 g/mol. The molecule has 11 rings (SSSR count). The van der Waals surface area contributed by atoms with Crippen LogP contribution in [-0.2, 0) is 5.41 Å². The van der Waals surface area contributed by atoms with Crippen LogP contribution < -0.4 is 4.90 Å². The average Bonchev–Trinajstić information content (AvgIpc) is 3.64. The summed E-state index contributed by atoms with van der Waals surface area (Å²) >= 11 is 0. The molecule has 1 aliphatic rings. The van der Waals surface area contributed by atoms with Gasteiger partial charge in [-0.1, -0.05) is 218 Å². The van der Waals surface area contributed by atoms with E-state index in [4.69, 9.17) is 0 Å². The summed E-state index contributed by atoms with van der Waals surface area (Å²) < 4.78 is 0. The van der Waals surface area contributed by atoms with E-state index in [1.807, 2.05) is 0 Å². The second kappa shape index (κ2) is 14.9. The zero-order chi connectivity index (χ0) is 39.9. The number of anilines is 3. The lowest BCUT2D eigenvalue weighted by Gasteiger charge is -2.34. The van der Waals surface area contributed by atoms with Gasteiger partial charge in [-0.2, -0.15) is 0 Å². The Bertz CT molecular complexity index is 3070. The predicted octanol–water partition coefficient (Wildman–Crippen LogP) is 15.7. The summed E-state index contributed by atoms with van der Waals surface area (Å²) in [7, 11) is 0. The molecule has 0 fully saturated rings. The van der Waals surface area contributed by atoms with E-state index >= 15 is 0 Å². The molecule has 0 bridgehead atoms. The van der Waals surface area contributed by atoms with E-state index in [0.29, 0.717) is 0 Å². The van der Waals surface area contributed by atoms with E-state index in [2.05, 4.69) is 254 Å². The molecule has 0 atom stereocenters. The Kier molecular flexibility index (Phi) is 8.79. The van der Waals surface area contributed by atoms with Crippen molar-refractivity contribution in [2.75, 3.05) is 4.90 Å². The lowest BCUT2D eigenvalue weighted by molar-refractivity contribution is 0.768. The Labute approximate surface area is 352 Å². The SMILES string of the molecule is c1ccc(-c2ccc(N(c3ccc(-c4cccc5ccccc45)cc3-c3ccccc3)c3cccc4c3-c3ccccc3C4(c3ccccc3)c3ccccc3)cc2)cc1. The van der Waals surface area contributed by atoms with Gasteiger partial charge >= 0.3 is 0 Å². The first-order valence-electron chi connectivity index (χ1n) is 20.8. The van der Waals surface area contributed by atoms with Gasteiger partial charge in [-0.25, -0.2) is 0 Å². The van der Waals surface area contributed by atoms with Crippen molar-refractivity contribution in [1.29, 1.82) is 0 Å². The zero-order valence-electron chi connectivity index (χ0n) is 33.1. The van der Waals surface area contributed by atoms with Gasteiger partial charge in [-0.3, -0.25) is 0 Å². The highest BCUT2D eigenvalue weighted by atomic mass is 15.1. The van der Waals surface area contributed by atoms with E-state index < -0.39 is 5.41 Å². The summed E-state index contributed by atoms with van der Waals surface area (Å²) in [5.41, 5.74) is 17.5. The number of nitrogens with zero attached hydrogens (tertiary/aromatic N) is 1. The highest BCUT2D eigenvalue weighted by Crippen LogP contribution is 2.60. The van der Waals surface area contributed by atoms with Gasteiger partial charge in [-0.05, 0) is 96.7 Å². The monoisotopic (exact) mass is 763 g/mol. The highest BCUT2D eigenvalue weighted by Gasteiger charge is 2.47. The molecule has 0 saturated heterocycles. The largest absolute Gasteiger partial charge is 0.309 e. The summed E-state index contributed by atoms with van der Waals surface area (Å²) in [6.45, 7) is 0. The molecule has 1 aliphatic carbocycles. The third-order valence-electron chi connectivity index (χ3n) is 12.4.